The highest BCUT2D eigenvalue weighted by Gasteiger charge is 2.35. The highest BCUT2D eigenvalue weighted by atomic mass is 79.9. The molecule has 0 radical (unpaired) electrons. The maximum absolute atomic E-state index is 13.0. The van der Waals surface area contributed by atoms with E-state index in [-0.39, 0.29) is 10.3 Å². The van der Waals surface area contributed by atoms with Gasteiger partial charge in [0.2, 0.25) is 0 Å². The van der Waals surface area contributed by atoms with Gasteiger partial charge in [0.25, 0.3) is 0 Å². The summed E-state index contributed by atoms with van der Waals surface area (Å²) < 4.78 is 40.8. The van der Waals surface area contributed by atoms with Crippen molar-refractivity contribution in [3.8, 4) is 0 Å². The van der Waals surface area contributed by atoms with Gasteiger partial charge in [0.05, 0.1) is 11.6 Å². The van der Waals surface area contributed by atoms with Gasteiger partial charge in [-0.2, -0.15) is 13.2 Å². The molecule has 9 heteroatoms. The Morgan fingerprint density at radius 3 is 2.65 bits per heavy atom. The predicted molar refractivity (Wildman–Crippen MR) is 70.0 cm³/mol. The molecule has 2 aromatic heterocycles. The summed E-state index contributed by atoms with van der Waals surface area (Å²) in [6.07, 6.45) is -1.70. The number of hydrogen-bond donors (Lipinski definition) is 1. The Morgan fingerprint density at radius 1 is 1.40 bits per heavy atom. The quantitative estimate of drug-likeness (QED) is 0.924. The minimum atomic E-state index is -4.49. The first kappa shape index (κ1) is 14.8. The van der Waals surface area contributed by atoms with Crippen LogP contribution in [0.25, 0.3) is 0 Å². The Labute approximate surface area is 121 Å². The number of halogens is 4. The fourth-order valence-corrected chi connectivity index (χ4v) is 2.06. The summed E-state index contributed by atoms with van der Waals surface area (Å²) in [5, 5.41) is 10.3. The van der Waals surface area contributed by atoms with Gasteiger partial charge in [-0.3, -0.25) is 0 Å². The summed E-state index contributed by atoms with van der Waals surface area (Å²) >= 11 is 2.99. The zero-order valence-electron chi connectivity index (χ0n) is 10.6. The average Bonchev–Trinajstić information content (AvgIpc) is 2.76. The van der Waals surface area contributed by atoms with E-state index in [1.165, 1.54) is 12.5 Å². The third-order valence-corrected chi connectivity index (χ3v) is 3.08. The average molecular weight is 350 g/mol. The molecule has 0 fully saturated rings. The molecule has 2 rings (SSSR count). The lowest BCUT2D eigenvalue weighted by Gasteiger charge is -2.18. The van der Waals surface area contributed by atoms with Crippen molar-refractivity contribution < 1.29 is 13.2 Å². The molecule has 2 aromatic rings. The molecule has 1 unspecified atom stereocenters. The second-order valence-corrected chi connectivity index (χ2v) is 5.13. The molecule has 0 amide bonds. The molecule has 0 aliphatic rings. The highest BCUT2D eigenvalue weighted by Crippen LogP contribution is 2.36. The second kappa shape index (κ2) is 5.39. The molecule has 1 N–H and O–H groups in total. The summed E-state index contributed by atoms with van der Waals surface area (Å²) in [4.78, 5) is 3.79. The summed E-state index contributed by atoms with van der Waals surface area (Å²) in [5.74, 6) is 0.277. The van der Waals surface area contributed by atoms with Crippen LogP contribution in [-0.4, -0.2) is 19.7 Å². The second-order valence-electron chi connectivity index (χ2n) is 4.21. The van der Waals surface area contributed by atoms with Crippen molar-refractivity contribution in [2.45, 2.75) is 19.1 Å². The van der Waals surface area contributed by atoms with Crippen molar-refractivity contribution in [1.82, 2.24) is 19.7 Å². The maximum Gasteiger partial charge on any atom is 0.419 e. The molecule has 20 heavy (non-hydrogen) atoms. The van der Waals surface area contributed by atoms with E-state index in [4.69, 9.17) is 0 Å². The minimum absolute atomic E-state index is 0.240. The van der Waals surface area contributed by atoms with Gasteiger partial charge < -0.3 is 9.88 Å². The molecule has 0 aliphatic heterocycles. The Bertz CT molecular complexity index is 610. The molecule has 2 heterocycles. The lowest BCUT2D eigenvalue weighted by Crippen LogP contribution is -2.17. The zero-order valence-corrected chi connectivity index (χ0v) is 12.2. The van der Waals surface area contributed by atoms with E-state index in [1.54, 1.807) is 18.5 Å². The number of nitrogens with zero attached hydrogens (tertiary/aromatic N) is 4. The molecule has 0 saturated heterocycles. The summed E-state index contributed by atoms with van der Waals surface area (Å²) in [5.41, 5.74) is -0.833. The van der Waals surface area contributed by atoms with Gasteiger partial charge >= 0.3 is 6.18 Å². The van der Waals surface area contributed by atoms with Crippen molar-refractivity contribution in [2.24, 2.45) is 7.05 Å². The summed E-state index contributed by atoms with van der Waals surface area (Å²) in [6.45, 7) is 1.69. The fraction of sp³-hybridized carbons (Fsp3) is 0.364. The van der Waals surface area contributed by atoms with E-state index < -0.39 is 17.8 Å². The molecule has 0 aromatic carbocycles. The van der Waals surface area contributed by atoms with Gasteiger partial charge in [0.15, 0.2) is 5.82 Å². The van der Waals surface area contributed by atoms with Crippen LogP contribution < -0.4 is 5.32 Å². The first-order valence-electron chi connectivity index (χ1n) is 5.62. The largest absolute Gasteiger partial charge is 0.419 e. The van der Waals surface area contributed by atoms with Crippen LogP contribution in [-0.2, 0) is 13.2 Å². The molecular formula is C11H11BrF3N5. The van der Waals surface area contributed by atoms with Gasteiger partial charge in [0.1, 0.15) is 12.1 Å². The molecular weight excluding hydrogens is 339 g/mol. The van der Waals surface area contributed by atoms with Gasteiger partial charge in [-0.25, -0.2) is 4.98 Å². The van der Waals surface area contributed by atoms with Crippen LogP contribution >= 0.6 is 15.9 Å². The molecule has 0 saturated carbocycles. The maximum atomic E-state index is 13.0. The van der Waals surface area contributed by atoms with Crippen LogP contribution in [0.1, 0.15) is 24.4 Å². The summed E-state index contributed by atoms with van der Waals surface area (Å²) in [6, 6.07) is 0.524. The topological polar surface area (TPSA) is 55.6 Å². The van der Waals surface area contributed by atoms with E-state index in [0.717, 1.165) is 6.07 Å². The predicted octanol–water partition coefficient (Wildman–Crippen LogP) is 3.16. The van der Waals surface area contributed by atoms with Crippen molar-refractivity contribution in [1.29, 1.82) is 0 Å². The smallest absolute Gasteiger partial charge is 0.360 e. The van der Waals surface area contributed by atoms with Gasteiger partial charge in [-0.1, -0.05) is 0 Å². The van der Waals surface area contributed by atoms with Crippen molar-refractivity contribution in [3.05, 3.63) is 34.5 Å². The first-order valence-corrected chi connectivity index (χ1v) is 6.41. The van der Waals surface area contributed by atoms with E-state index in [2.05, 4.69) is 36.4 Å². The van der Waals surface area contributed by atoms with Gasteiger partial charge in [-0.15, -0.1) is 10.2 Å². The number of rotatable bonds is 3. The monoisotopic (exact) mass is 349 g/mol. The van der Waals surface area contributed by atoms with Crippen LogP contribution in [0.4, 0.5) is 19.0 Å². The molecule has 0 aliphatic carbocycles. The minimum Gasteiger partial charge on any atom is -0.360 e. The van der Waals surface area contributed by atoms with Crippen LogP contribution in [0.15, 0.2) is 23.1 Å². The van der Waals surface area contributed by atoms with Crippen LogP contribution in [0.2, 0.25) is 0 Å². The van der Waals surface area contributed by atoms with Crippen LogP contribution in [0, 0.1) is 0 Å². The van der Waals surface area contributed by atoms with Gasteiger partial charge in [0, 0.05) is 17.7 Å². The van der Waals surface area contributed by atoms with E-state index in [0.29, 0.717) is 5.82 Å². The van der Waals surface area contributed by atoms with E-state index in [9.17, 15) is 13.2 Å². The standard InChI is InChI=1S/C11H11BrF3N5/c1-6(10-19-17-5-20(10)2)18-9-8(11(13,14)15)3-7(12)4-16-9/h3-6H,1-2H3,(H,16,18). The Kier molecular flexibility index (Phi) is 3.98. The number of anilines is 1. The van der Waals surface area contributed by atoms with E-state index >= 15 is 0 Å². The Balaban J connectivity index is 2.32. The van der Waals surface area contributed by atoms with Crippen molar-refractivity contribution >= 4 is 21.7 Å². The number of hydrogen-bond acceptors (Lipinski definition) is 4. The van der Waals surface area contributed by atoms with Crippen molar-refractivity contribution in [2.75, 3.05) is 5.32 Å². The fourth-order valence-electron chi connectivity index (χ4n) is 1.72. The third-order valence-electron chi connectivity index (χ3n) is 2.65. The Morgan fingerprint density at radius 2 is 2.10 bits per heavy atom. The molecule has 0 spiro atoms. The normalized spacial score (nSPS) is 13.3. The number of aryl methyl sites for hydroxylation is 1. The molecule has 108 valence electrons. The lowest BCUT2D eigenvalue weighted by atomic mass is 10.2. The lowest BCUT2D eigenvalue weighted by molar-refractivity contribution is -0.137. The SMILES string of the molecule is CC(Nc1ncc(Br)cc1C(F)(F)F)c1nncn1C. The van der Waals surface area contributed by atoms with Gasteiger partial charge in [-0.05, 0) is 28.9 Å². The molecule has 0 bridgehead atoms. The molecule has 5 nitrogen and oxygen atoms in total. The van der Waals surface area contributed by atoms with E-state index in [1.807, 2.05) is 0 Å². The molecule has 1 atom stereocenters. The number of alkyl halides is 3. The Hall–Kier alpha value is -1.64. The zero-order chi connectivity index (χ0) is 14.9. The highest BCUT2D eigenvalue weighted by molar-refractivity contribution is 9.10. The number of pyridine rings is 1. The number of aromatic nitrogens is 4. The van der Waals surface area contributed by atoms with Crippen LogP contribution in [0.5, 0.6) is 0 Å². The van der Waals surface area contributed by atoms with Crippen LogP contribution in [0.3, 0.4) is 0 Å². The van der Waals surface area contributed by atoms with Crippen molar-refractivity contribution in [3.63, 3.8) is 0 Å². The first-order chi connectivity index (χ1) is 9.29. The summed E-state index contributed by atoms with van der Waals surface area (Å²) in [7, 11) is 1.72. The number of nitrogens with one attached hydrogen (secondary N) is 1. The third kappa shape index (κ3) is 3.09.